The Morgan fingerprint density at radius 1 is 1.10 bits per heavy atom. The van der Waals surface area contributed by atoms with Crippen LogP contribution in [0.2, 0.25) is 5.02 Å². The number of benzene rings is 3. The number of amides is 1. The Kier molecular flexibility index (Phi) is 5.75. The fraction of sp³-hybridized carbons (Fsp3) is 0.136. The van der Waals surface area contributed by atoms with E-state index in [9.17, 15) is 13.2 Å². The van der Waals surface area contributed by atoms with Gasteiger partial charge in [0, 0.05) is 16.8 Å². The standard InChI is InChI=1S/C22H19ClN2O5S/c1-29-17-7-5-6-16(13-17)24-22(26)21-14-25(19-12-15(23)10-11-20(19)30-21)31(27,28)18-8-3-2-4-9-18/h2-13,21H,14H2,1H3,(H,24,26). The van der Waals surface area contributed by atoms with E-state index < -0.39 is 22.0 Å². The smallest absolute Gasteiger partial charge is 0.267 e. The molecule has 9 heteroatoms. The summed E-state index contributed by atoms with van der Waals surface area (Å²) >= 11 is 6.10. The lowest BCUT2D eigenvalue weighted by atomic mass is 10.2. The van der Waals surface area contributed by atoms with E-state index in [1.54, 1.807) is 54.6 Å². The monoisotopic (exact) mass is 458 g/mol. The SMILES string of the molecule is COc1cccc(NC(=O)C2CN(S(=O)(=O)c3ccccc3)c3cc(Cl)ccc3O2)c1. The number of nitrogens with one attached hydrogen (secondary N) is 1. The van der Waals surface area contributed by atoms with Crippen LogP contribution in [0.25, 0.3) is 0 Å². The molecule has 1 unspecified atom stereocenters. The van der Waals surface area contributed by atoms with Crippen LogP contribution in [0.1, 0.15) is 0 Å². The summed E-state index contributed by atoms with van der Waals surface area (Å²) in [6, 6.07) is 19.5. The van der Waals surface area contributed by atoms with Crippen molar-refractivity contribution in [1.29, 1.82) is 0 Å². The second-order valence-electron chi connectivity index (χ2n) is 6.79. The second-order valence-corrected chi connectivity index (χ2v) is 9.09. The predicted molar refractivity (Wildman–Crippen MR) is 118 cm³/mol. The summed E-state index contributed by atoms with van der Waals surface area (Å²) < 4.78 is 38.9. The largest absolute Gasteiger partial charge is 0.497 e. The average Bonchev–Trinajstić information content (AvgIpc) is 2.79. The molecule has 3 aromatic rings. The average molecular weight is 459 g/mol. The summed E-state index contributed by atoms with van der Waals surface area (Å²) in [7, 11) is -2.42. The minimum atomic E-state index is -3.95. The van der Waals surface area contributed by atoms with E-state index in [2.05, 4.69) is 5.32 Å². The molecule has 1 atom stereocenters. The van der Waals surface area contributed by atoms with Crippen LogP contribution in [0.5, 0.6) is 11.5 Å². The van der Waals surface area contributed by atoms with Gasteiger partial charge < -0.3 is 14.8 Å². The molecular formula is C22H19ClN2O5S. The normalized spacial score (nSPS) is 15.5. The van der Waals surface area contributed by atoms with Crippen molar-refractivity contribution in [1.82, 2.24) is 0 Å². The summed E-state index contributed by atoms with van der Waals surface area (Å²) in [5.74, 6) is 0.346. The molecule has 1 amide bonds. The Balaban J connectivity index is 1.68. The molecule has 0 spiro atoms. The number of carbonyl (C=O) groups excluding carboxylic acids is 1. The first-order chi connectivity index (χ1) is 14.9. The van der Waals surface area contributed by atoms with E-state index in [1.165, 1.54) is 25.3 Å². The van der Waals surface area contributed by atoms with Gasteiger partial charge in [0.1, 0.15) is 11.5 Å². The van der Waals surface area contributed by atoms with Crippen LogP contribution in [-0.2, 0) is 14.8 Å². The maximum absolute atomic E-state index is 13.4. The van der Waals surface area contributed by atoms with Gasteiger partial charge in [-0.2, -0.15) is 0 Å². The number of carbonyl (C=O) groups is 1. The molecule has 0 saturated heterocycles. The summed E-state index contributed by atoms with van der Waals surface area (Å²) in [5, 5.41) is 3.11. The zero-order chi connectivity index (χ0) is 22.0. The van der Waals surface area contributed by atoms with Gasteiger partial charge in [0.25, 0.3) is 15.9 Å². The fourth-order valence-electron chi connectivity index (χ4n) is 3.23. The van der Waals surface area contributed by atoms with Crippen LogP contribution in [0, 0.1) is 0 Å². The highest BCUT2D eigenvalue weighted by Gasteiger charge is 2.37. The highest BCUT2D eigenvalue weighted by molar-refractivity contribution is 7.92. The lowest BCUT2D eigenvalue weighted by molar-refractivity contribution is -0.122. The maximum atomic E-state index is 13.4. The third-order valence-corrected chi connectivity index (χ3v) is 6.78. The number of methoxy groups -OCH3 is 1. The molecule has 4 rings (SSSR count). The Hall–Kier alpha value is -3.23. The minimum Gasteiger partial charge on any atom is -0.497 e. The van der Waals surface area contributed by atoms with E-state index in [1.807, 2.05) is 0 Å². The van der Waals surface area contributed by atoms with Gasteiger partial charge in [-0.05, 0) is 42.5 Å². The van der Waals surface area contributed by atoms with Crippen LogP contribution >= 0.6 is 11.6 Å². The van der Waals surface area contributed by atoms with E-state index in [4.69, 9.17) is 21.1 Å². The molecule has 0 aliphatic carbocycles. The van der Waals surface area contributed by atoms with Crippen molar-refractivity contribution in [3.05, 3.63) is 77.8 Å². The van der Waals surface area contributed by atoms with Crippen molar-refractivity contribution < 1.29 is 22.7 Å². The Bertz CT molecular complexity index is 1220. The lowest BCUT2D eigenvalue weighted by Gasteiger charge is -2.34. The summed E-state index contributed by atoms with van der Waals surface area (Å²) in [6.45, 7) is -0.208. The van der Waals surface area contributed by atoms with Gasteiger partial charge in [-0.25, -0.2) is 8.42 Å². The molecule has 0 radical (unpaired) electrons. The van der Waals surface area contributed by atoms with Crippen molar-refractivity contribution in [2.24, 2.45) is 0 Å². The highest BCUT2D eigenvalue weighted by atomic mass is 35.5. The first-order valence-electron chi connectivity index (χ1n) is 9.37. The Morgan fingerprint density at radius 2 is 1.87 bits per heavy atom. The van der Waals surface area contributed by atoms with Crippen LogP contribution in [-0.4, -0.2) is 34.1 Å². The van der Waals surface area contributed by atoms with Gasteiger partial charge in [-0.15, -0.1) is 0 Å². The van der Waals surface area contributed by atoms with Crippen LogP contribution in [0.15, 0.2) is 77.7 Å². The van der Waals surface area contributed by atoms with Crippen molar-refractivity contribution in [3.8, 4) is 11.5 Å². The molecule has 3 aromatic carbocycles. The van der Waals surface area contributed by atoms with Crippen molar-refractivity contribution >= 4 is 38.9 Å². The van der Waals surface area contributed by atoms with Crippen LogP contribution in [0.4, 0.5) is 11.4 Å². The van der Waals surface area contributed by atoms with Gasteiger partial charge >= 0.3 is 0 Å². The van der Waals surface area contributed by atoms with Crippen molar-refractivity contribution in [2.45, 2.75) is 11.0 Å². The minimum absolute atomic E-state index is 0.106. The zero-order valence-corrected chi connectivity index (χ0v) is 18.1. The molecule has 1 N–H and O–H groups in total. The Labute approximate surface area is 185 Å². The molecular weight excluding hydrogens is 440 g/mol. The van der Waals surface area contributed by atoms with E-state index >= 15 is 0 Å². The first kappa shape index (κ1) is 21.0. The van der Waals surface area contributed by atoms with Crippen LogP contribution in [0.3, 0.4) is 0 Å². The van der Waals surface area contributed by atoms with Gasteiger partial charge in [0.05, 0.1) is 24.2 Å². The molecule has 160 valence electrons. The topological polar surface area (TPSA) is 84.9 Å². The number of rotatable bonds is 5. The summed E-state index contributed by atoms with van der Waals surface area (Å²) in [6.07, 6.45) is -1.07. The number of nitrogens with zero attached hydrogens (tertiary/aromatic N) is 1. The van der Waals surface area contributed by atoms with Crippen molar-refractivity contribution in [2.75, 3.05) is 23.3 Å². The molecule has 0 aromatic heterocycles. The quantitative estimate of drug-likeness (QED) is 0.626. The molecule has 31 heavy (non-hydrogen) atoms. The number of sulfonamides is 1. The second kappa shape index (κ2) is 8.49. The van der Waals surface area contributed by atoms with Gasteiger partial charge in [0.2, 0.25) is 0 Å². The van der Waals surface area contributed by atoms with Gasteiger partial charge in [-0.3, -0.25) is 9.10 Å². The summed E-state index contributed by atoms with van der Waals surface area (Å²) in [5.41, 5.74) is 0.786. The number of anilines is 2. The number of hydrogen-bond acceptors (Lipinski definition) is 5. The predicted octanol–water partition coefficient (Wildman–Crippen LogP) is 3.94. The molecule has 1 aliphatic rings. The lowest BCUT2D eigenvalue weighted by Crippen LogP contribution is -2.48. The number of hydrogen-bond donors (Lipinski definition) is 1. The van der Waals surface area contributed by atoms with Crippen LogP contribution < -0.4 is 19.1 Å². The number of fused-ring (bicyclic) bond motifs is 1. The zero-order valence-electron chi connectivity index (χ0n) is 16.5. The van der Waals surface area contributed by atoms with Crippen molar-refractivity contribution in [3.63, 3.8) is 0 Å². The molecule has 0 saturated carbocycles. The molecule has 0 fully saturated rings. The molecule has 1 heterocycles. The third-order valence-electron chi connectivity index (χ3n) is 4.75. The molecule has 1 aliphatic heterocycles. The number of halogens is 1. The van der Waals surface area contributed by atoms with E-state index in [-0.39, 0.29) is 22.9 Å². The molecule has 0 bridgehead atoms. The maximum Gasteiger partial charge on any atom is 0.267 e. The fourth-order valence-corrected chi connectivity index (χ4v) is 4.89. The summed E-state index contributed by atoms with van der Waals surface area (Å²) in [4.78, 5) is 13.0. The first-order valence-corrected chi connectivity index (χ1v) is 11.2. The van der Waals surface area contributed by atoms with E-state index in [0.29, 0.717) is 16.5 Å². The highest BCUT2D eigenvalue weighted by Crippen LogP contribution is 2.39. The van der Waals surface area contributed by atoms with E-state index in [0.717, 1.165) is 4.31 Å². The Morgan fingerprint density at radius 3 is 2.61 bits per heavy atom. The third kappa shape index (κ3) is 4.30. The van der Waals surface area contributed by atoms with Gasteiger partial charge in [-0.1, -0.05) is 35.9 Å². The van der Waals surface area contributed by atoms with Gasteiger partial charge in [0.15, 0.2) is 6.10 Å². The molecule has 7 nitrogen and oxygen atoms in total. The number of ether oxygens (including phenoxy) is 2.